The molecule has 0 spiro atoms. The Morgan fingerprint density at radius 1 is 1.21 bits per heavy atom. The first-order valence-electron chi connectivity index (χ1n) is 3.75. The van der Waals surface area contributed by atoms with Gasteiger partial charge in [0.1, 0.15) is 5.75 Å². The Bertz CT molecular complexity index is 329. The van der Waals surface area contributed by atoms with Crippen LogP contribution in [0, 0.1) is 0 Å². The van der Waals surface area contributed by atoms with Crippen molar-refractivity contribution in [2.75, 3.05) is 0 Å². The lowest BCUT2D eigenvalue weighted by Crippen LogP contribution is -2.05. The molecule has 0 unspecified atom stereocenters. The zero-order valence-corrected chi connectivity index (χ0v) is 8.08. The molecular weight excluding hydrogens is 213 g/mol. The van der Waals surface area contributed by atoms with Crippen molar-refractivity contribution in [3.05, 3.63) is 29.8 Å². The van der Waals surface area contributed by atoms with Gasteiger partial charge in [0.2, 0.25) is 0 Å². The number of halogens is 3. The Morgan fingerprint density at radius 2 is 1.71 bits per heavy atom. The number of benzene rings is 1. The van der Waals surface area contributed by atoms with Crippen molar-refractivity contribution in [2.45, 2.75) is 13.1 Å². The van der Waals surface area contributed by atoms with Crippen LogP contribution in [0.25, 0.3) is 0 Å². The van der Waals surface area contributed by atoms with Gasteiger partial charge in [-0.15, -0.1) is 0 Å². The zero-order chi connectivity index (χ0) is 10.8. The molecule has 0 aromatic heterocycles. The lowest BCUT2D eigenvalue weighted by molar-refractivity contribution is -0.137. The average Bonchev–Trinajstić information content (AvgIpc) is 2.02. The molecule has 1 aromatic rings. The van der Waals surface area contributed by atoms with Crippen LogP contribution >= 0.6 is 12.2 Å². The highest BCUT2D eigenvalue weighted by molar-refractivity contribution is 7.80. The second kappa shape index (κ2) is 3.96. The van der Waals surface area contributed by atoms with E-state index in [1.54, 1.807) is 6.92 Å². The van der Waals surface area contributed by atoms with Gasteiger partial charge >= 0.3 is 6.18 Å². The predicted molar refractivity (Wildman–Crippen MR) is 50.3 cm³/mol. The molecule has 1 aromatic carbocycles. The monoisotopic (exact) mass is 220 g/mol. The van der Waals surface area contributed by atoms with E-state index in [2.05, 4.69) is 12.2 Å². The molecule has 1 rings (SSSR count). The molecule has 76 valence electrons. The third kappa shape index (κ3) is 2.99. The number of thiocarbonyl (C=S) groups is 1. The molecule has 0 bridgehead atoms. The van der Waals surface area contributed by atoms with Crippen molar-refractivity contribution in [2.24, 2.45) is 0 Å². The first kappa shape index (κ1) is 11.0. The van der Waals surface area contributed by atoms with E-state index in [-0.39, 0.29) is 5.05 Å². The summed E-state index contributed by atoms with van der Waals surface area (Å²) >= 11 is 4.64. The van der Waals surface area contributed by atoms with Gasteiger partial charge < -0.3 is 4.74 Å². The van der Waals surface area contributed by atoms with Crippen molar-refractivity contribution < 1.29 is 17.9 Å². The summed E-state index contributed by atoms with van der Waals surface area (Å²) < 4.78 is 41.3. The van der Waals surface area contributed by atoms with Crippen LogP contribution in [-0.2, 0) is 6.18 Å². The Kier molecular flexibility index (Phi) is 3.10. The van der Waals surface area contributed by atoms with E-state index in [4.69, 9.17) is 4.74 Å². The van der Waals surface area contributed by atoms with E-state index in [1.807, 2.05) is 0 Å². The van der Waals surface area contributed by atoms with Gasteiger partial charge in [0.25, 0.3) is 0 Å². The van der Waals surface area contributed by atoms with Crippen LogP contribution in [0.1, 0.15) is 12.5 Å². The SMILES string of the molecule is CC(=S)Oc1ccc(C(F)(F)F)cc1. The molecular formula is C9H7F3OS. The van der Waals surface area contributed by atoms with Gasteiger partial charge in [-0.1, -0.05) is 0 Å². The maximum atomic E-state index is 12.1. The summed E-state index contributed by atoms with van der Waals surface area (Å²) in [6.45, 7) is 1.55. The molecule has 0 radical (unpaired) electrons. The van der Waals surface area contributed by atoms with Crippen LogP contribution in [0.4, 0.5) is 13.2 Å². The minimum atomic E-state index is -4.31. The highest BCUT2D eigenvalue weighted by Crippen LogP contribution is 2.30. The quantitative estimate of drug-likeness (QED) is 0.670. The van der Waals surface area contributed by atoms with Gasteiger partial charge in [0.05, 0.1) is 5.56 Å². The third-order valence-corrected chi connectivity index (χ3v) is 1.53. The van der Waals surface area contributed by atoms with Gasteiger partial charge in [-0.25, -0.2) is 0 Å². The fraction of sp³-hybridized carbons (Fsp3) is 0.222. The van der Waals surface area contributed by atoms with Crippen molar-refractivity contribution in [1.82, 2.24) is 0 Å². The van der Waals surface area contributed by atoms with Crippen LogP contribution < -0.4 is 4.74 Å². The molecule has 14 heavy (non-hydrogen) atoms. The van der Waals surface area contributed by atoms with Crippen molar-refractivity contribution in [3.8, 4) is 5.75 Å². The molecule has 0 aliphatic carbocycles. The normalized spacial score (nSPS) is 11.1. The van der Waals surface area contributed by atoms with E-state index in [9.17, 15) is 13.2 Å². The van der Waals surface area contributed by atoms with Gasteiger partial charge in [0, 0.05) is 6.92 Å². The Labute approximate surface area is 84.5 Å². The summed E-state index contributed by atoms with van der Waals surface area (Å²) in [6.07, 6.45) is -4.31. The fourth-order valence-corrected chi connectivity index (χ4v) is 0.974. The van der Waals surface area contributed by atoms with Crippen molar-refractivity contribution in [3.63, 3.8) is 0 Å². The van der Waals surface area contributed by atoms with E-state index in [1.165, 1.54) is 12.1 Å². The molecule has 0 amide bonds. The smallest absolute Gasteiger partial charge is 0.416 e. The molecule has 0 atom stereocenters. The molecule has 0 fully saturated rings. The van der Waals surface area contributed by atoms with Gasteiger partial charge in [-0.3, -0.25) is 0 Å². The third-order valence-electron chi connectivity index (χ3n) is 1.44. The number of hydrogen-bond acceptors (Lipinski definition) is 2. The molecule has 0 aliphatic rings. The van der Waals surface area contributed by atoms with Crippen LogP contribution in [0.2, 0.25) is 0 Å². The summed E-state index contributed by atoms with van der Waals surface area (Å²) in [5.74, 6) is 0.311. The molecule has 0 saturated carbocycles. The minimum Gasteiger partial charge on any atom is -0.451 e. The second-order valence-corrected chi connectivity index (χ2v) is 3.19. The molecule has 5 heteroatoms. The Morgan fingerprint density at radius 3 is 2.07 bits per heavy atom. The lowest BCUT2D eigenvalue weighted by Gasteiger charge is -2.07. The fourth-order valence-electron chi connectivity index (χ4n) is 0.878. The largest absolute Gasteiger partial charge is 0.451 e. The topological polar surface area (TPSA) is 9.23 Å². The van der Waals surface area contributed by atoms with Gasteiger partial charge in [-0.2, -0.15) is 13.2 Å². The van der Waals surface area contributed by atoms with Crippen LogP contribution in [0.3, 0.4) is 0 Å². The number of rotatable bonds is 1. The first-order chi connectivity index (χ1) is 6.39. The van der Waals surface area contributed by atoms with E-state index in [0.29, 0.717) is 5.75 Å². The maximum absolute atomic E-state index is 12.1. The van der Waals surface area contributed by atoms with Crippen molar-refractivity contribution in [1.29, 1.82) is 0 Å². The zero-order valence-electron chi connectivity index (χ0n) is 7.26. The standard InChI is InChI=1S/C9H7F3OS/c1-6(14)13-8-4-2-7(3-5-8)9(10,11)12/h2-5H,1H3. The molecule has 0 saturated heterocycles. The lowest BCUT2D eigenvalue weighted by atomic mass is 10.2. The number of hydrogen-bond donors (Lipinski definition) is 0. The summed E-state index contributed by atoms with van der Waals surface area (Å²) in [5.41, 5.74) is -0.702. The Hall–Kier alpha value is -1.10. The first-order valence-corrected chi connectivity index (χ1v) is 4.16. The van der Waals surface area contributed by atoms with E-state index >= 15 is 0 Å². The summed E-state index contributed by atoms with van der Waals surface area (Å²) in [6, 6.07) is 4.37. The summed E-state index contributed by atoms with van der Waals surface area (Å²) in [4.78, 5) is 0. The van der Waals surface area contributed by atoms with Crippen LogP contribution in [0.5, 0.6) is 5.75 Å². The second-order valence-electron chi connectivity index (χ2n) is 2.62. The molecule has 0 aliphatic heterocycles. The Balaban J connectivity index is 2.84. The van der Waals surface area contributed by atoms with Gasteiger partial charge in [0.15, 0.2) is 5.05 Å². The van der Waals surface area contributed by atoms with Crippen LogP contribution in [-0.4, -0.2) is 5.05 Å². The van der Waals surface area contributed by atoms with Crippen LogP contribution in [0.15, 0.2) is 24.3 Å². The maximum Gasteiger partial charge on any atom is 0.416 e. The molecule has 0 N–H and O–H groups in total. The molecule has 1 nitrogen and oxygen atoms in total. The van der Waals surface area contributed by atoms with Gasteiger partial charge in [-0.05, 0) is 36.5 Å². The summed E-state index contributed by atoms with van der Waals surface area (Å²) in [7, 11) is 0. The number of alkyl halides is 3. The van der Waals surface area contributed by atoms with E-state index in [0.717, 1.165) is 12.1 Å². The predicted octanol–water partition coefficient (Wildman–Crippen LogP) is 3.43. The van der Waals surface area contributed by atoms with E-state index < -0.39 is 11.7 Å². The molecule has 0 heterocycles. The average molecular weight is 220 g/mol. The van der Waals surface area contributed by atoms with Crippen molar-refractivity contribution >= 4 is 17.3 Å². The minimum absolute atomic E-state index is 0.268. The summed E-state index contributed by atoms with van der Waals surface area (Å²) in [5, 5.41) is 0.268. The highest BCUT2D eigenvalue weighted by atomic mass is 32.1. The highest BCUT2D eigenvalue weighted by Gasteiger charge is 2.29. The number of ether oxygens (including phenoxy) is 1.